The van der Waals surface area contributed by atoms with Crippen molar-refractivity contribution in [2.45, 2.75) is 104 Å². The number of ether oxygens (including phenoxy) is 1. The highest BCUT2D eigenvalue weighted by molar-refractivity contribution is 5.41. The summed E-state index contributed by atoms with van der Waals surface area (Å²) >= 11 is 0. The van der Waals surface area contributed by atoms with Gasteiger partial charge in [0.2, 0.25) is 5.82 Å². The van der Waals surface area contributed by atoms with E-state index in [2.05, 4.69) is 25.7 Å². The van der Waals surface area contributed by atoms with E-state index in [1.165, 1.54) is 57.4 Å². The van der Waals surface area contributed by atoms with Crippen molar-refractivity contribution in [3.8, 4) is 17.6 Å². The molecule has 0 saturated heterocycles. The molecular weight excluding hydrogens is 378 g/mol. The van der Waals surface area contributed by atoms with E-state index in [-0.39, 0.29) is 11.3 Å². The third-order valence-corrected chi connectivity index (χ3v) is 6.28. The molecule has 0 N–H and O–H groups in total. The second-order valence-electron chi connectivity index (χ2n) is 8.84. The maximum absolute atomic E-state index is 14.4. The molecule has 0 bridgehead atoms. The molecule has 0 atom stereocenters. The molecule has 1 saturated carbocycles. The number of hydrogen-bond donors (Lipinski definition) is 0. The van der Waals surface area contributed by atoms with Crippen LogP contribution in [0.1, 0.15) is 109 Å². The third kappa shape index (κ3) is 8.66. The highest BCUT2D eigenvalue weighted by Gasteiger charge is 2.20. The van der Waals surface area contributed by atoms with Crippen LogP contribution in [0, 0.1) is 35.3 Å². The largest absolute Gasteiger partial charge is 0.490 e. The molecule has 1 aliphatic carbocycles. The Bertz CT molecular complexity index is 665. The van der Waals surface area contributed by atoms with Gasteiger partial charge in [-0.3, -0.25) is 0 Å². The lowest BCUT2D eigenvalue weighted by Gasteiger charge is -2.25. The lowest BCUT2D eigenvalue weighted by molar-refractivity contribution is 0.285. The Kier molecular flexibility index (Phi) is 11.9. The lowest BCUT2D eigenvalue weighted by atomic mass is 9.80. The summed E-state index contributed by atoms with van der Waals surface area (Å²) in [5, 5.41) is 0. The molecule has 3 heteroatoms. The lowest BCUT2D eigenvalue weighted by Crippen LogP contribution is -2.13. The van der Waals surface area contributed by atoms with E-state index in [9.17, 15) is 8.78 Å². The SMILES string of the molecule is CCCCCCCC1CCC(C#Cc2ccc(OCCCCCC)c(F)c2F)CC1. The molecule has 0 aromatic heterocycles. The van der Waals surface area contributed by atoms with Crippen molar-refractivity contribution in [1.82, 2.24) is 0 Å². The van der Waals surface area contributed by atoms with Gasteiger partial charge >= 0.3 is 0 Å². The summed E-state index contributed by atoms with van der Waals surface area (Å²) < 4.78 is 34.1. The number of unbranched alkanes of at least 4 members (excludes halogenated alkanes) is 7. The minimum absolute atomic E-state index is 0.00556. The van der Waals surface area contributed by atoms with Crippen LogP contribution in [0.3, 0.4) is 0 Å². The van der Waals surface area contributed by atoms with Crippen LogP contribution in [-0.4, -0.2) is 6.61 Å². The van der Waals surface area contributed by atoms with Gasteiger partial charge in [-0.1, -0.05) is 83.5 Å². The molecule has 0 radical (unpaired) electrons. The zero-order valence-electron chi connectivity index (χ0n) is 19.1. The summed E-state index contributed by atoms with van der Waals surface area (Å²) in [6.45, 7) is 4.81. The molecule has 1 aromatic carbocycles. The summed E-state index contributed by atoms with van der Waals surface area (Å²) in [7, 11) is 0. The van der Waals surface area contributed by atoms with Crippen molar-refractivity contribution in [1.29, 1.82) is 0 Å². The Morgan fingerprint density at radius 2 is 1.50 bits per heavy atom. The minimum atomic E-state index is -0.913. The van der Waals surface area contributed by atoms with Gasteiger partial charge in [0, 0.05) is 5.92 Å². The standard InChI is InChI=1S/C27H40F2O/c1-3-5-7-9-10-12-22-13-15-23(16-14-22)17-18-24-19-20-25(27(29)26(24)28)30-21-11-8-6-4-2/h19-20,22-23H,3-16,21H2,1-2H3. The van der Waals surface area contributed by atoms with E-state index in [1.54, 1.807) is 6.07 Å². The van der Waals surface area contributed by atoms with E-state index in [1.807, 2.05) is 0 Å². The Labute approximate surface area is 183 Å². The molecule has 0 aliphatic heterocycles. The van der Waals surface area contributed by atoms with E-state index in [0.717, 1.165) is 44.4 Å². The van der Waals surface area contributed by atoms with Gasteiger partial charge in [-0.25, -0.2) is 4.39 Å². The van der Waals surface area contributed by atoms with Crippen LogP contribution in [0.25, 0.3) is 0 Å². The van der Waals surface area contributed by atoms with Gasteiger partial charge in [-0.2, -0.15) is 4.39 Å². The molecule has 0 spiro atoms. The maximum atomic E-state index is 14.4. The molecule has 0 heterocycles. The summed E-state index contributed by atoms with van der Waals surface area (Å²) in [6, 6.07) is 3.06. The van der Waals surface area contributed by atoms with Crippen molar-refractivity contribution in [3.05, 3.63) is 29.3 Å². The van der Waals surface area contributed by atoms with E-state index in [0.29, 0.717) is 12.5 Å². The minimum Gasteiger partial charge on any atom is -0.490 e. The fraction of sp³-hybridized carbons (Fsp3) is 0.704. The van der Waals surface area contributed by atoms with Crippen molar-refractivity contribution in [2.75, 3.05) is 6.61 Å². The van der Waals surface area contributed by atoms with Crippen LogP contribution in [0.4, 0.5) is 8.78 Å². The van der Waals surface area contributed by atoms with Crippen LogP contribution < -0.4 is 4.74 Å². The van der Waals surface area contributed by atoms with Gasteiger partial charge < -0.3 is 4.74 Å². The molecule has 1 fully saturated rings. The molecular formula is C27H40F2O. The molecule has 30 heavy (non-hydrogen) atoms. The zero-order valence-corrected chi connectivity index (χ0v) is 19.1. The van der Waals surface area contributed by atoms with Crippen molar-refractivity contribution in [2.24, 2.45) is 11.8 Å². The van der Waals surface area contributed by atoms with E-state index in [4.69, 9.17) is 4.74 Å². The van der Waals surface area contributed by atoms with Gasteiger partial charge in [0.1, 0.15) is 0 Å². The Morgan fingerprint density at radius 3 is 2.20 bits per heavy atom. The molecule has 168 valence electrons. The Balaban J connectivity index is 1.77. The van der Waals surface area contributed by atoms with Crippen LogP contribution in [-0.2, 0) is 0 Å². The van der Waals surface area contributed by atoms with Crippen molar-refractivity contribution >= 4 is 0 Å². The highest BCUT2D eigenvalue weighted by atomic mass is 19.2. The van der Waals surface area contributed by atoms with E-state index >= 15 is 0 Å². The number of rotatable bonds is 12. The smallest absolute Gasteiger partial charge is 0.201 e. The fourth-order valence-electron chi connectivity index (χ4n) is 4.26. The summed E-state index contributed by atoms with van der Waals surface area (Å²) in [5.74, 6) is 5.43. The molecule has 1 nitrogen and oxygen atoms in total. The van der Waals surface area contributed by atoms with Gasteiger partial charge in [0.05, 0.1) is 12.2 Å². The van der Waals surface area contributed by atoms with Crippen molar-refractivity contribution < 1.29 is 13.5 Å². The molecule has 0 amide bonds. The average molecular weight is 419 g/mol. The first kappa shape index (κ1) is 24.7. The predicted octanol–water partition coefficient (Wildman–Crippen LogP) is 8.44. The van der Waals surface area contributed by atoms with Gasteiger partial charge in [0.15, 0.2) is 11.6 Å². The molecule has 2 rings (SSSR count). The highest BCUT2D eigenvalue weighted by Crippen LogP contribution is 2.32. The van der Waals surface area contributed by atoms with Gasteiger partial charge in [-0.05, 0) is 50.2 Å². The number of hydrogen-bond acceptors (Lipinski definition) is 1. The summed E-state index contributed by atoms with van der Waals surface area (Å²) in [5.41, 5.74) is 0.142. The van der Waals surface area contributed by atoms with E-state index < -0.39 is 11.6 Å². The monoisotopic (exact) mass is 418 g/mol. The second-order valence-corrected chi connectivity index (χ2v) is 8.84. The topological polar surface area (TPSA) is 9.23 Å². The Hall–Kier alpha value is -1.56. The number of benzene rings is 1. The third-order valence-electron chi connectivity index (χ3n) is 6.28. The quantitative estimate of drug-likeness (QED) is 0.244. The van der Waals surface area contributed by atoms with Gasteiger partial charge in [-0.15, -0.1) is 0 Å². The first-order valence-electron chi connectivity index (χ1n) is 12.3. The second kappa shape index (κ2) is 14.4. The maximum Gasteiger partial charge on any atom is 0.201 e. The van der Waals surface area contributed by atoms with Crippen LogP contribution >= 0.6 is 0 Å². The predicted molar refractivity (Wildman–Crippen MR) is 122 cm³/mol. The van der Waals surface area contributed by atoms with Crippen LogP contribution in [0.5, 0.6) is 5.75 Å². The number of halogens is 2. The molecule has 1 aliphatic rings. The fourth-order valence-corrected chi connectivity index (χ4v) is 4.26. The molecule has 0 unspecified atom stereocenters. The average Bonchev–Trinajstić information content (AvgIpc) is 2.76. The molecule has 1 aromatic rings. The van der Waals surface area contributed by atoms with Gasteiger partial charge in [0.25, 0.3) is 0 Å². The normalized spacial score (nSPS) is 18.7. The summed E-state index contributed by atoms with van der Waals surface area (Å²) in [4.78, 5) is 0. The van der Waals surface area contributed by atoms with Crippen LogP contribution in [0.15, 0.2) is 12.1 Å². The Morgan fingerprint density at radius 1 is 0.833 bits per heavy atom. The summed E-state index contributed by atoms with van der Waals surface area (Å²) in [6.07, 6.45) is 16.8. The first-order valence-corrected chi connectivity index (χ1v) is 12.3. The zero-order chi connectivity index (χ0) is 21.6. The first-order chi connectivity index (χ1) is 14.7. The van der Waals surface area contributed by atoms with Crippen LogP contribution in [0.2, 0.25) is 0 Å². The van der Waals surface area contributed by atoms with Crippen molar-refractivity contribution in [3.63, 3.8) is 0 Å².